The Labute approximate surface area is 192 Å². The Morgan fingerprint density at radius 3 is 2.55 bits per heavy atom. The highest BCUT2D eigenvalue weighted by Crippen LogP contribution is 2.37. The average Bonchev–Trinajstić information content (AvgIpc) is 3.10. The molecule has 0 unspecified atom stereocenters. The molecular formula is C26H27N3O4. The summed E-state index contributed by atoms with van der Waals surface area (Å²) in [7, 11) is 1.58. The molecule has 0 fully saturated rings. The first-order chi connectivity index (χ1) is 15.9. The Morgan fingerprint density at radius 2 is 1.82 bits per heavy atom. The topological polar surface area (TPSA) is 79.0 Å². The number of hydrogen-bond donors (Lipinski definition) is 1. The van der Waals surface area contributed by atoms with Crippen molar-refractivity contribution in [1.29, 1.82) is 0 Å². The maximum atomic E-state index is 13.5. The molecule has 3 aromatic carbocycles. The molecule has 7 heteroatoms. The van der Waals surface area contributed by atoms with Crippen LogP contribution in [0.1, 0.15) is 29.8 Å². The zero-order valence-electron chi connectivity index (χ0n) is 19.0. The molecule has 0 radical (unpaired) electrons. The van der Waals surface area contributed by atoms with E-state index in [9.17, 15) is 14.4 Å². The lowest BCUT2D eigenvalue weighted by molar-refractivity contribution is -0.139. The molecule has 7 nitrogen and oxygen atoms in total. The van der Waals surface area contributed by atoms with Crippen molar-refractivity contribution in [1.82, 2.24) is 10.2 Å². The molecule has 0 saturated heterocycles. The van der Waals surface area contributed by atoms with Gasteiger partial charge in [0.05, 0.1) is 12.8 Å². The van der Waals surface area contributed by atoms with Crippen LogP contribution in [-0.2, 0) is 16.1 Å². The van der Waals surface area contributed by atoms with Crippen molar-refractivity contribution < 1.29 is 19.1 Å². The maximum Gasteiger partial charge on any atom is 0.259 e. The molecule has 170 valence electrons. The van der Waals surface area contributed by atoms with Crippen molar-refractivity contribution in [3.8, 4) is 5.75 Å². The molecule has 1 aliphatic heterocycles. The zero-order valence-corrected chi connectivity index (χ0v) is 19.0. The predicted molar refractivity (Wildman–Crippen MR) is 127 cm³/mol. The summed E-state index contributed by atoms with van der Waals surface area (Å²) in [6.45, 7) is 4.06. The van der Waals surface area contributed by atoms with E-state index >= 15 is 0 Å². The second-order valence-corrected chi connectivity index (χ2v) is 8.02. The van der Waals surface area contributed by atoms with E-state index in [-0.39, 0.29) is 30.8 Å². The van der Waals surface area contributed by atoms with Crippen LogP contribution in [0.3, 0.4) is 0 Å². The molecule has 33 heavy (non-hydrogen) atoms. The van der Waals surface area contributed by atoms with Gasteiger partial charge in [0.15, 0.2) is 0 Å². The molecular weight excluding hydrogens is 418 g/mol. The van der Waals surface area contributed by atoms with Gasteiger partial charge in [-0.15, -0.1) is 0 Å². The number of likely N-dealkylation sites (N-methyl/N-ethyl adjacent to an activating group) is 1. The molecule has 0 spiro atoms. The number of nitrogens with one attached hydrogen (secondary N) is 1. The Hall–Kier alpha value is -3.87. The summed E-state index contributed by atoms with van der Waals surface area (Å²) in [6.07, 6.45) is 0. The van der Waals surface area contributed by atoms with Gasteiger partial charge in [0.1, 0.15) is 18.3 Å². The van der Waals surface area contributed by atoms with Gasteiger partial charge in [-0.2, -0.15) is 0 Å². The smallest absolute Gasteiger partial charge is 0.259 e. The minimum absolute atomic E-state index is 0.152. The van der Waals surface area contributed by atoms with Crippen LogP contribution in [0.2, 0.25) is 0 Å². The lowest BCUT2D eigenvalue weighted by Crippen LogP contribution is -2.50. The quantitative estimate of drug-likeness (QED) is 0.577. The molecule has 0 aliphatic carbocycles. The maximum absolute atomic E-state index is 13.5. The first-order valence-corrected chi connectivity index (χ1v) is 11.0. The number of methoxy groups -OCH3 is 1. The molecule has 0 saturated carbocycles. The summed E-state index contributed by atoms with van der Waals surface area (Å²) in [5.41, 5.74) is 2.14. The molecule has 0 bridgehead atoms. The molecule has 1 N–H and O–H groups in total. The van der Waals surface area contributed by atoms with Crippen LogP contribution < -0.4 is 15.0 Å². The van der Waals surface area contributed by atoms with E-state index in [2.05, 4.69) is 5.32 Å². The molecule has 4 rings (SSSR count). The summed E-state index contributed by atoms with van der Waals surface area (Å²) in [4.78, 5) is 42.3. The highest BCUT2D eigenvalue weighted by atomic mass is 16.5. The van der Waals surface area contributed by atoms with Gasteiger partial charge in [-0.3, -0.25) is 19.3 Å². The zero-order chi connectivity index (χ0) is 23.5. The van der Waals surface area contributed by atoms with Crippen molar-refractivity contribution in [3.63, 3.8) is 0 Å². The molecule has 3 amide bonds. The number of amides is 3. The van der Waals surface area contributed by atoms with E-state index in [1.165, 1.54) is 9.80 Å². The number of rotatable bonds is 8. The number of nitrogens with zero attached hydrogens (tertiary/aromatic N) is 2. The average molecular weight is 446 g/mol. The summed E-state index contributed by atoms with van der Waals surface area (Å²) in [5.74, 6) is -0.0915. The number of ether oxygens (including phenoxy) is 1. The van der Waals surface area contributed by atoms with Crippen LogP contribution in [0.15, 0.2) is 60.7 Å². The third kappa shape index (κ3) is 4.26. The van der Waals surface area contributed by atoms with Gasteiger partial charge in [0.2, 0.25) is 11.8 Å². The number of anilines is 1. The van der Waals surface area contributed by atoms with Crippen molar-refractivity contribution >= 4 is 34.2 Å². The second kappa shape index (κ2) is 9.32. The fourth-order valence-corrected chi connectivity index (χ4v) is 4.23. The van der Waals surface area contributed by atoms with E-state index in [0.29, 0.717) is 23.5 Å². The summed E-state index contributed by atoms with van der Waals surface area (Å²) in [6, 6.07) is 17.9. The minimum atomic E-state index is -0.709. The SMILES string of the molecule is CCNC(=O)[C@H](C)N(Cc1cccc(OC)c1)C(=O)CN1C(=O)c2cccc3cccc1c23. The molecule has 3 aromatic rings. The van der Waals surface area contributed by atoms with E-state index in [4.69, 9.17) is 4.74 Å². The monoisotopic (exact) mass is 445 g/mol. The number of carbonyl (C=O) groups is 3. The fraction of sp³-hybridized carbons (Fsp3) is 0.269. The van der Waals surface area contributed by atoms with Crippen molar-refractivity contribution in [2.75, 3.05) is 25.1 Å². The van der Waals surface area contributed by atoms with Gasteiger partial charge in [0.25, 0.3) is 5.91 Å². The van der Waals surface area contributed by atoms with Gasteiger partial charge in [-0.25, -0.2) is 0 Å². The Kier molecular flexibility index (Phi) is 6.31. The van der Waals surface area contributed by atoms with Gasteiger partial charge >= 0.3 is 0 Å². The largest absolute Gasteiger partial charge is 0.497 e. The Bertz CT molecular complexity index is 1220. The molecule has 1 heterocycles. The first kappa shape index (κ1) is 22.3. The lowest BCUT2D eigenvalue weighted by atomic mass is 10.1. The number of hydrogen-bond acceptors (Lipinski definition) is 4. The van der Waals surface area contributed by atoms with Gasteiger partial charge in [0, 0.05) is 24.0 Å². The fourth-order valence-electron chi connectivity index (χ4n) is 4.23. The predicted octanol–water partition coefficient (Wildman–Crippen LogP) is 3.36. The van der Waals surface area contributed by atoms with Gasteiger partial charge < -0.3 is 15.0 Å². The van der Waals surface area contributed by atoms with E-state index in [0.717, 1.165) is 16.3 Å². The van der Waals surface area contributed by atoms with Crippen LogP contribution in [0.4, 0.5) is 5.69 Å². The van der Waals surface area contributed by atoms with Gasteiger partial charge in [-0.1, -0.05) is 36.4 Å². The first-order valence-electron chi connectivity index (χ1n) is 11.0. The molecule has 0 aromatic heterocycles. The molecule has 1 atom stereocenters. The summed E-state index contributed by atoms with van der Waals surface area (Å²) < 4.78 is 5.30. The van der Waals surface area contributed by atoms with Crippen LogP contribution in [0, 0.1) is 0 Å². The van der Waals surface area contributed by atoms with Crippen molar-refractivity contribution in [2.24, 2.45) is 0 Å². The van der Waals surface area contributed by atoms with E-state index in [1.54, 1.807) is 20.1 Å². The van der Waals surface area contributed by atoms with E-state index < -0.39 is 6.04 Å². The third-order valence-corrected chi connectivity index (χ3v) is 5.95. The van der Waals surface area contributed by atoms with Crippen LogP contribution >= 0.6 is 0 Å². The normalized spacial score (nSPS) is 13.2. The minimum Gasteiger partial charge on any atom is -0.497 e. The standard InChI is InChI=1S/C26H27N3O4/c1-4-27-25(31)17(2)28(15-18-8-5-11-20(14-18)33-3)23(30)16-29-22-13-7-10-19-9-6-12-21(24(19)22)26(29)32/h5-14,17H,4,15-16H2,1-3H3,(H,27,31)/t17-/m0/s1. The highest BCUT2D eigenvalue weighted by molar-refractivity contribution is 6.26. The number of carbonyl (C=O) groups excluding carboxylic acids is 3. The third-order valence-electron chi connectivity index (χ3n) is 5.95. The molecule has 1 aliphatic rings. The van der Waals surface area contributed by atoms with Crippen molar-refractivity contribution in [2.45, 2.75) is 26.4 Å². The second-order valence-electron chi connectivity index (χ2n) is 8.02. The Balaban J connectivity index is 1.63. The van der Waals surface area contributed by atoms with Gasteiger partial charge in [-0.05, 0) is 49.1 Å². The highest BCUT2D eigenvalue weighted by Gasteiger charge is 2.34. The van der Waals surface area contributed by atoms with Crippen molar-refractivity contribution in [3.05, 3.63) is 71.8 Å². The Morgan fingerprint density at radius 1 is 1.09 bits per heavy atom. The van der Waals surface area contributed by atoms with E-state index in [1.807, 2.05) is 61.5 Å². The lowest BCUT2D eigenvalue weighted by Gasteiger charge is -2.30. The van der Waals surface area contributed by atoms with Crippen LogP contribution in [-0.4, -0.2) is 48.9 Å². The van der Waals surface area contributed by atoms with Crippen LogP contribution in [0.5, 0.6) is 5.75 Å². The summed E-state index contributed by atoms with van der Waals surface area (Å²) in [5, 5.41) is 4.59. The number of benzene rings is 3. The van der Waals surface area contributed by atoms with Crippen LogP contribution in [0.25, 0.3) is 10.8 Å². The summed E-state index contributed by atoms with van der Waals surface area (Å²) >= 11 is 0.